The molecule has 0 aromatic carbocycles. The number of esters is 3. The molecule has 0 spiro atoms. The quantitative estimate of drug-likeness (QED) is 0.0261. The molecule has 6 nitrogen and oxygen atoms in total. The minimum Gasteiger partial charge on any atom is -0.462 e. The van der Waals surface area contributed by atoms with Gasteiger partial charge >= 0.3 is 17.9 Å². The highest BCUT2D eigenvalue weighted by Gasteiger charge is 2.19. The SMILES string of the molecule is CCCCCC/C=C\CCCCCCCC(=O)OCC(COC(=O)CCCCCCCCCCCCCCCCCCCCCCCCCCCCCCCCCC)OC(=O)CCCCCCCCCCCCCCCCC. The van der Waals surface area contributed by atoms with E-state index in [0.717, 1.165) is 64.2 Å². The van der Waals surface area contributed by atoms with Crippen LogP contribution in [0.1, 0.15) is 412 Å². The molecule has 0 N–H and O–H groups in total. The first-order chi connectivity index (χ1) is 38.5. The van der Waals surface area contributed by atoms with Gasteiger partial charge in [0.2, 0.25) is 0 Å². The fourth-order valence-corrected chi connectivity index (χ4v) is 11.2. The van der Waals surface area contributed by atoms with Gasteiger partial charge in [-0.3, -0.25) is 14.4 Å². The first-order valence-electron chi connectivity index (χ1n) is 35.7. The van der Waals surface area contributed by atoms with Crippen LogP contribution < -0.4 is 0 Å². The van der Waals surface area contributed by atoms with Crippen LogP contribution in [0.3, 0.4) is 0 Å². The summed E-state index contributed by atoms with van der Waals surface area (Å²) in [5.41, 5.74) is 0. The smallest absolute Gasteiger partial charge is 0.306 e. The Bertz CT molecular complexity index is 1210. The summed E-state index contributed by atoms with van der Waals surface area (Å²) in [6, 6.07) is 0. The van der Waals surface area contributed by atoms with E-state index in [1.54, 1.807) is 0 Å². The van der Waals surface area contributed by atoms with Crippen LogP contribution in [0.25, 0.3) is 0 Å². The molecule has 1 unspecified atom stereocenters. The van der Waals surface area contributed by atoms with Crippen LogP contribution in [0, 0.1) is 0 Å². The molecule has 0 aliphatic heterocycles. The number of allylic oxidation sites excluding steroid dienone is 2. The van der Waals surface area contributed by atoms with Gasteiger partial charge in [-0.1, -0.05) is 360 Å². The first-order valence-corrected chi connectivity index (χ1v) is 35.7. The van der Waals surface area contributed by atoms with Crippen LogP contribution in [-0.2, 0) is 28.6 Å². The van der Waals surface area contributed by atoms with E-state index in [1.807, 2.05) is 0 Å². The monoisotopic (exact) mass is 1100 g/mol. The fourth-order valence-electron chi connectivity index (χ4n) is 11.2. The molecule has 78 heavy (non-hydrogen) atoms. The van der Waals surface area contributed by atoms with Crippen LogP contribution in [0.15, 0.2) is 12.2 Å². The Hall–Kier alpha value is -1.85. The molecule has 462 valence electrons. The van der Waals surface area contributed by atoms with Crippen molar-refractivity contribution in [2.75, 3.05) is 13.2 Å². The summed E-state index contributed by atoms with van der Waals surface area (Å²) < 4.78 is 17.0. The molecule has 0 saturated heterocycles. The third-order valence-corrected chi connectivity index (χ3v) is 16.5. The lowest BCUT2D eigenvalue weighted by atomic mass is 10.0. The van der Waals surface area contributed by atoms with Crippen LogP contribution in [0.4, 0.5) is 0 Å². The van der Waals surface area contributed by atoms with Gasteiger partial charge in [0, 0.05) is 19.3 Å². The Morgan fingerprint density at radius 1 is 0.244 bits per heavy atom. The van der Waals surface area contributed by atoms with Crippen molar-refractivity contribution < 1.29 is 28.6 Å². The van der Waals surface area contributed by atoms with Crippen molar-refractivity contribution in [3.8, 4) is 0 Å². The van der Waals surface area contributed by atoms with Gasteiger partial charge in [-0.25, -0.2) is 0 Å². The minimum atomic E-state index is -0.769. The fraction of sp³-hybridized carbons (Fsp3) is 0.931. The number of carbonyl (C=O) groups excluding carboxylic acids is 3. The van der Waals surface area contributed by atoms with E-state index < -0.39 is 6.10 Å². The third kappa shape index (κ3) is 65.0. The lowest BCUT2D eigenvalue weighted by Gasteiger charge is -2.18. The highest BCUT2D eigenvalue weighted by Crippen LogP contribution is 2.19. The van der Waals surface area contributed by atoms with Crippen LogP contribution in [-0.4, -0.2) is 37.2 Å². The Kier molecular flexibility index (Phi) is 66.0. The summed E-state index contributed by atoms with van der Waals surface area (Å²) in [5.74, 6) is -0.843. The maximum atomic E-state index is 12.9. The molecule has 0 bridgehead atoms. The van der Waals surface area contributed by atoms with Gasteiger partial charge in [-0.05, 0) is 44.9 Å². The Morgan fingerprint density at radius 3 is 0.654 bits per heavy atom. The standard InChI is InChI=1S/C72H138O6/c1-4-7-10-13-16-19-22-25-27-28-29-30-31-32-33-34-35-36-37-38-39-40-41-42-43-45-47-50-53-56-59-62-65-71(74)77-68-69(67-76-70(73)64-61-58-55-52-49-46-24-21-18-15-12-9-6-3)78-72(75)66-63-60-57-54-51-48-44-26-23-20-17-14-11-8-5-2/h21,24,69H,4-20,22-23,25-68H2,1-3H3/b24-21-. The summed E-state index contributed by atoms with van der Waals surface area (Å²) in [5, 5.41) is 0. The third-order valence-electron chi connectivity index (χ3n) is 16.5. The molecule has 0 aliphatic rings. The number of hydrogen-bond acceptors (Lipinski definition) is 6. The predicted octanol–water partition coefficient (Wildman–Crippen LogP) is 24.4. The van der Waals surface area contributed by atoms with Crippen molar-refractivity contribution in [3.05, 3.63) is 12.2 Å². The molecule has 0 amide bonds. The molecule has 0 heterocycles. The van der Waals surface area contributed by atoms with Crippen LogP contribution >= 0.6 is 0 Å². The van der Waals surface area contributed by atoms with E-state index in [9.17, 15) is 14.4 Å². The summed E-state index contributed by atoms with van der Waals surface area (Å²) in [6.45, 7) is 6.70. The highest BCUT2D eigenvalue weighted by molar-refractivity contribution is 5.71. The van der Waals surface area contributed by atoms with Crippen molar-refractivity contribution in [3.63, 3.8) is 0 Å². The van der Waals surface area contributed by atoms with Crippen LogP contribution in [0.5, 0.6) is 0 Å². The largest absolute Gasteiger partial charge is 0.462 e. The first kappa shape index (κ1) is 76.1. The number of unbranched alkanes of at least 4 members (excludes halogenated alkanes) is 54. The number of rotatable bonds is 67. The zero-order valence-corrected chi connectivity index (χ0v) is 53.2. The lowest BCUT2D eigenvalue weighted by molar-refractivity contribution is -0.167. The summed E-state index contributed by atoms with van der Waals surface area (Å²) >= 11 is 0. The molecular formula is C72H138O6. The summed E-state index contributed by atoms with van der Waals surface area (Å²) in [6.07, 6.45) is 81.2. The molecule has 0 radical (unpaired) electrons. The molecule has 0 aromatic heterocycles. The van der Waals surface area contributed by atoms with E-state index in [4.69, 9.17) is 14.2 Å². The molecule has 1 atom stereocenters. The van der Waals surface area contributed by atoms with Gasteiger partial charge < -0.3 is 14.2 Å². The number of ether oxygens (including phenoxy) is 3. The van der Waals surface area contributed by atoms with Gasteiger partial charge in [-0.2, -0.15) is 0 Å². The van der Waals surface area contributed by atoms with E-state index in [0.29, 0.717) is 19.3 Å². The van der Waals surface area contributed by atoms with Gasteiger partial charge in [-0.15, -0.1) is 0 Å². The van der Waals surface area contributed by atoms with E-state index in [1.165, 1.54) is 308 Å². The average Bonchev–Trinajstić information content (AvgIpc) is 3.44. The second-order valence-corrected chi connectivity index (χ2v) is 24.5. The molecule has 0 rings (SSSR count). The topological polar surface area (TPSA) is 78.9 Å². The molecule has 0 saturated carbocycles. The highest BCUT2D eigenvalue weighted by atomic mass is 16.6. The van der Waals surface area contributed by atoms with Gasteiger partial charge in [0.15, 0.2) is 6.10 Å². The maximum absolute atomic E-state index is 12.9. The summed E-state index contributed by atoms with van der Waals surface area (Å²) in [7, 11) is 0. The van der Waals surface area contributed by atoms with Crippen molar-refractivity contribution in [2.24, 2.45) is 0 Å². The number of carbonyl (C=O) groups is 3. The van der Waals surface area contributed by atoms with Crippen molar-refractivity contribution in [2.45, 2.75) is 419 Å². The predicted molar refractivity (Wildman–Crippen MR) is 340 cm³/mol. The minimum absolute atomic E-state index is 0.0659. The van der Waals surface area contributed by atoms with Crippen molar-refractivity contribution >= 4 is 17.9 Å². The Labute approximate surface area is 488 Å². The molecule has 0 aromatic rings. The second-order valence-electron chi connectivity index (χ2n) is 24.5. The average molecular weight is 1100 g/mol. The number of hydrogen-bond donors (Lipinski definition) is 0. The zero-order valence-electron chi connectivity index (χ0n) is 53.2. The van der Waals surface area contributed by atoms with Gasteiger partial charge in [0.25, 0.3) is 0 Å². The Morgan fingerprint density at radius 2 is 0.423 bits per heavy atom. The van der Waals surface area contributed by atoms with Crippen molar-refractivity contribution in [1.29, 1.82) is 0 Å². The Balaban J connectivity index is 4.06. The molecular weight excluding hydrogens is 961 g/mol. The van der Waals surface area contributed by atoms with E-state index in [-0.39, 0.29) is 31.1 Å². The van der Waals surface area contributed by atoms with E-state index >= 15 is 0 Å². The van der Waals surface area contributed by atoms with Crippen molar-refractivity contribution in [1.82, 2.24) is 0 Å². The van der Waals surface area contributed by atoms with Gasteiger partial charge in [0.05, 0.1) is 0 Å². The normalized spacial score (nSPS) is 12.0. The molecule has 0 fully saturated rings. The second kappa shape index (κ2) is 67.7. The van der Waals surface area contributed by atoms with Crippen LogP contribution in [0.2, 0.25) is 0 Å². The molecule has 0 aliphatic carbocycles. The molecule has 6 heteroatoms. The zero-order chi connectivity index (χ0) is 56.4. The van der Waals surface area contributed by atoms with Gasteiger partial charge in [0.1, 0.15) is 13.2 Å². The lowest BCUT2D eigenvalue weighted by Crippen LogP contribution is -2.30. The maximum Gasteiger partial charge on any atom is 0.306 e. The summed E-state index contributed by atoms with van der Waals surface area (Å²) in [4.78, 5) is 38.3. The van der Waals surface area contributed by atoms with E-state index in [2.05, 4.69) is 32.9 Å².